The van der Waals surface area contributed by atoms with Crippen LogP contribution in [0.4, 0.5) is 0 Å². The summed E-state index contributed by atoms with van der Waals surface area (Å²) in [5.41, 5.74) is 40.2. The van der Waals surface area contributed by atoms with Crippen LogP contribution in [0.1, 0.15) is 91.6 Å². The van der Waals surface area contributed by atoms with Gasteiger partial charge in [-0.05, 0) is 232 Å². The second-order valence-electron chi connectivity index (χ2n) is 35.9. The average molecular weight is 1630 g/mol. The Bertz CT molecular complexity index is 6860. The van der Waals surface area contributed by atoms with Gasteiger partial charge in [-0.25, -0.2) is 4.57 Å². The largest absolute Gasteiger partial charge is 0.454 e. The first kappa shape index (κ1) is 86.1. The van der Waals surface area contributed by atoms with Crippen molar-refractivity contribution >= 4 is 32.8 Å². The number of aromatic nitrogens is 11. The Hall–Kier alpha value is -13.3. The molecule has 0 saturated heterocycles. The van der Waals surface area contributed by atoms with Crippen molar-refractivity contribution in [2.75, 3.05) is 0 Å². The van der Waals surface area contributed by atoms with Crippen molar-refractivity contribution in [1.82, 2.24) is 27.8 Å². The molecule has 12 heterocycles. The van der Waals surface area contributed by atoms with Gasteiger partial charge in [0.25, 0.3) is 0 Å². The maximum absolute atomic E-state index is 6.30. The number of hydrogen-bond acceptors (Lipinski definition) is 2. The number of hydrogen-bond donors (Lipinski definition) is 0. The van der Waals surface area contributed by atoms with E-state index in [1.54, 1.807) is 6.20 Å². The zero-order valence-electron chi connectivity index (χ0n) is 76.5. The molecule has 0 unspecified atom stereocenters. The molecule has 0 N–H and O–H groups in total. The van der Waals surface area contributed by atoms with E-state index in [1.165, 1.54) is 168 Å². The predicted molar refractivity (Wildman–Crippen MR) is 509 cm³/mol. The summed E-state index contributed by atoms with van der Waals surface area (Å²) in [6.07, 6.45) is 16.2. The lowest BCUT2D eigenvalue weighted by Crippen LogP contribution is -2.35. The van der Waals surface area contributed by atoms with Gasteiger partial charge in [-0.15, -0.1) is 0 Å². The Morgan fingerprint density at radius 2 is 0.780 bits per heavy atom. The maximum Gasteiger partial charge on any atom is 0.229 e. The highest BCUT2D eigenvalue weighted by Crippen LogP contribution is 2.44. The van der Waals surface area contributed by atoms with Gasteiger partial charge in [0.2, 0.25) is 51.2 Å². The summed E-state index contributed by atoms with van der Waals surface area (Å²) in [6.45, 7) is 29.1. The molecule has 0 aliphatic carbocycles. The first-order chi connectivity index (χ1) is 58.8. The van der Waals surface area contributed by atoms with Gasteiger partial charge in [0.1, 0.15) is 63.6 Å². The van der Waals surface area contributed by atoms with Crippen LogP contribution in [-0.2, 0) is 83.3 Å². The van der Waals surface area contributed by atoms with Crippen LogP contribution in [0.3, 0.4) is 0 Å². The molecule has 0 aliphatic rings. The van der Waals surface area contributed by atoms with E-state index in [1.807, 2.05) is 12.3 Å². The van der Waals surface area contributed by atoms with Crippen molar-refractivity contribution in [1.29, 1.82) is 0 Å². The molecule has 0 aliphatic heterocycles. The standard InChI is InChI=1S/C27H22N3O.2C23H29N2.C20H23N2.C18H19N2/c1-17-20(23-14-18-8-4-5-9-21(18)30(23)3)15-24-27(19-11-12-28-16-25(19)31-24)26(17)22-10-6-7-13-29(22)2;1-17-12-13-18(16-23(2,3)4)15-19(17)20-9-7-10-22(25(20)6)21-11-8-14-24(21)5;1-17-10-7-8-11-19(17)21-14-18(16-23(2,3)4)15-22(25(21)6)20-12-9-13-24(20)5;1-14-12-15(2)20(16(3)13-14)19-9-6-8-18(22(19)5)17-10-7-11-21(17)4;1-14-8-4-5-9-15(14)16-10-6-11-18(20(16)3)17-12-7-13-19(17)2/h4-16H,1-3H3;2*7-15H,16H2,1-6H3;6-13H,1-5H3;4-13H,1-3H3/q5*+1. The SMILES string of the molecule is Cc1c(-c2cc3ccccc3n2C)cc2oc3cnccc3c2c1-c1cccc[n+]1C.Cc1cc(C)c(-c2cccc(-c3cccn3C)[n+]2C)c(C)c1.Cc1ccc(CC(C)(C)C)cc1-c1cccc(-c2cccn2C)[n+]1C.Cc1ccccc1-c1cc(CC(C)(C)C)cc(-c2cccn2C)[n+]1C.Cc1ccccc1-c1cccc(-c2cccn2C)[n+]1C. The number of nitrogens with zero attached hydrogens (tertiary/aromatic N) is 11. The van der Waals surface area contributed by atoms with E-state index in [0.29, 0.717) is 5.41 Å². The van der Waals surface area contributed by atoms with Gasteiger partial charge in [-0.1, -0.05) is 126 Å². The van der Waals surface area contributed by atoms with Crippen molar-refractivity contribution in [3.63, 3.8) is 0 Å². The van der Waals surface area contributed by atoms with Gasteiger partial charge in [-0.3, -0.25) is 4.98 Å². The van der Waals surface area contributed by atoms with Crippen LogP contribution in [0.2, 0.25) is 0 Å². The number of fused-ring (bicyclic) bond motifs is 4. The molecular formula is C111H122N11O+5. The Morgan fingerprint density at radius 1 is 0.333 bits per heavy atom. The van der Waals surface area contributed by atoms with Gasteiger partial charge in [0.05, 0.1) is 17.3 Å². The minimum Gasteiger partial charge on any atom is -0.454 e. The molecule has 18 rings (SSSR count). The van der Waals surface area contributed by atoms with Gasteiger partial charge in [0.15, 0.2) is 11.8 Å². The second kappa shape index (κ2) is 36.2. The number of aryl methyl sites for hydroxylation is 12. The van der Waals surface area contributed by atoms with Crippen molar-refractivity contribution in [3.8, 4) is 113 Å². The van der Waals surface area contributed by atoms with Gasteiger partial charge < -0.3 is 27.3 Å². The molecule has 0 atom stereocenters. The third-order valence-corrected chi connectivity index (χ3v) is 24.1. The van der Waals surface area contributed by atoms with E-state index >= 15 is 0 Å². The van der Waals surface area contributed by atoms with E-state index in [4.69, 9.17) is 4.42 Å². The predicted octanol–water partition coefficient (Wildman–Crippen LogP) is 23.7. The molecule has 12 heteroatoms. The first-order valence-electron chi connectivity index (χ1n) is 42.9. The lowest BCUT2D eigenvalue weighted by Gasteiger charge is -2.19. The van der Waals surface area contributed by atoms with Crippen molar-refractivity contribution in [2.24, 2.45) is 81.3 Å². The molecule has 18 aromatic rings. The van der Waals surface area contributed by atoms with Crippen LogP contribution >= 0.6 is 0 Å². The molecule has 12 aromatic heterocycles. The van der Waals surface area contributed by atoms with Gasteiger partial charge >= 0.3 is 0 Å². The third kappa shape index (κ3) is 18.5. The highest BCUT2D eigenvalue weighted by molar-refractivity contribution is 6.14. The fraction of sp³-hybridized carbons (Fsp3) is 0.243. The summed E-state index contributed by atoms with van der Waals surface area (Å²) in [6, 6.07) is 91.2. The lowest BCUT2D eigenvalue weighted by molar-refractivity contribution is -0.660. The summed E-state index contributed by atoms with van der Waals surface area (Å²) < 4.78 is 28.6. The topological polar surface area (TPSA) is 70.1 Å². The molecular weight excluding hydrogens is 1500 g/mol. The van der Waals surface area contributed by atoms with Crippen LogP contribution in [0.5, 0.6) is 0 Å². The summed E-state index contributed by atoms with van der Waals surface area (Å²) in [7, 11) is 21.2. The molecule has 0 spiro atoms. The van der Waals surface area contributed by atoms with Crippen LogP contribution in [-0.4, -0.2) is 27.8 Å². The van der Waals surface area contributed by atoms with Gasteiger partial charge in [-0.2, -0.15) is 18.3 Å². The van der Waals surface area contributed by atoms with E-state index in [0.717, 1.165) is 40.5 Å². The Kier molecular flexibility index (Phi) is 25.3. The Morgan fingerprint density at radius 3 is 1.30 bits per heavy atom. The monoisotopic (exact) mass is 1620 g/mol. The third-order valence-electron chi connectivity index (χ3n) is 24.1. The summed E-state index contributed by atoms with van der Waals surface area (Å²) in [5, 5.41) is 3.47. The van der Waals surface area contributed by atoms with Crippen LogP contribution in [0.25, 0.3) is 146 Å². The van der Waals surface area contributed by atoms with Crippen molar-refractivity contribution in [2.45, 2.75) is 103 Å². The zero-order chi connectivity index (χ0) is 87.5. The Balaban J connectivity index is 0.000000126. The minimum absolute atomic E-state index is 0.258. The van der Waals surface area contributed by atoms with E-state index < -0.39 is 0 Å². The molecule has 123 heavy (non-hydrogen) atoms. The second-order valence-corrected chi connectivity index (χ2v) is 35.9. The fourth-order valence-corrected chi connectivity index (χ4v) is 17.9. The lowest BCUT2D eigenvalue weighted by atomic mass is 9.87. The molecule has 0 fully saturated rings. The van der Waals surface area contributed by atoms with Crippen molar-refractivity contribution in [3.05, 3.63) is 348 Å². The number of benzene rings is 6. The molecule has 622 valence electrons. The van der Waals surface area contributed by atoms with E-state index in [2.05, 4.69) is 491 Å². The molecule has 0 radical (unpaired) electrons. The smallest absolute Gasteiger partial charge is 0.229 e. The summed E-state index contributed by atoms with van der Waals surface area (Å²) in [5.74, 6) is 0. The highest BCUT2D eigenvalue weighted by Gasteiger charge is 2.29. The van der Waals surface area contributed by atoms with E-state index in [-0.39, 0.29) is 5.41 Å². The normalized spacial score (nSPS) is 11.4. The van der Waals surface area contributed by atoms with Gasteiger partial charge in [0, 0.05) is 177 Å². The summed E-state index contributed by atoms with van der Waals surface area (Å²) >= 11 is 0. The number of rotatable bonds is 12. The highest BCUT2D eigenvalue weighted by atomic mass is 16.3. The molecule has 6 aromatic carbocycles. The molecule has 12 nitrogen and oxygen atoms in total. The number of para-hydroxylation sites is 1. The quantitative estimate of drug-likeness (QED) is 0.114. The van der Waals surface area contributed by atoms with Crippen LogP contribution in [0, 0.1) is 59.3 Å². The maximum atomic E-state index is 6.30. The van der Waals surface area contributed by atoms with Crippen LogP contribution in [0.15, 0.2) is 303 Å². The number of furan rings is 1. The summed E-state index contributed by atoms with van der Waals surface area (Å²) in [4.78, 5) is 4.27. The molecule has 0 bridgehead atoms. The number of pyridine rings is 6. The van der Waals surface area contributed by atoms with E-state index in [9.17, 15) is 0 Å². The zero-order valence-corrected chi connectivity index (χ0v) is 76.5. The fourth-order valence-electron chi connectivity index (χ4n) is 17.9. The van der Waals surface area contributed by atoms with Crippen LogP contribution < -0.4 is 22.8 Å². The molecule has 0 saturated carbocycles. The first-order valence-corrected chi connectivity index (χ1v) is 42.9. The average Bonchev–Trinajstić information content (AvgIpc) is 1.58. The molecule has 0 amide bonds. The van der Waals surface area contributed by atoms with Crippen molar-refractivity contribution < 1.29 is 27.3 Å². The Labute approximate surface area is 728 Å². The minimum atomic E-state index is 0.258.